The van der Waals surface area contributed by atoms with Crippen molar-refractivity contribution in [2.45, 2.75) is 51.7 Å². The first-order valence-electron chi connectivity index (χ1n) is 7.89. The second kappa shape index (κ2) is 11.9. The second-order valence-electron chi connectivity index (χ2n) is 5.78. The highest BCUT2D eigenvalue weighted by Gasteiger charge is 2.15. The third kappa shape index (κ3) is 8.77. The number of hydrogen-bond acceptors (Lipinski definition) is 3. The predicted molar refractivity (Wildman–Crippen MR) is 101 cm³/mol. The van der Waals surface area contributed by atoms with E-state index in [1.54, 1.807) is 19.0 Å². The average Bonchev–Trinajstić information content (AvgIpc) is 2.50. The lowest BCUT2D eigenvalue weighted by Gasteiger charge is -2.24. The Morgan fingerprint density at radius 2 is 2.14 bits per heavy atom. The fraction of sp³-hybridized carbons (Fsp3) is 0.867. The Morgan fingerprint density at radius 1 is 1.41 bits per heavy atom. The van der Waals surface area contributed by atoms with Crippen LogP contribution in [0.25, 0.3) is 0 Å². The van der Waals surface area contributed by atoms with Crippen molar-refractivity contribution in [3.8, 4) is 0 Å². The number of carbonyl (C=O) groups is 1. The molecular formula is C15H31IN4O2. The normalized spacial score (nSPS) is 19.8. The van der Waals surface area contributed by atoms with Crippen LogP contribution in [0.4, 0.5) is 0 Å². The molecular weight excluding hydrogens is 395 g/mol. The summed E-state index contributed by atoms with van der Waals surface area (Å²) in [7, 11) is 3.48. The van der Waals surface area contributed by atoms with Crippen LogP contribution >= 0.6 is 24.0 Å². The lowest BCUT2D eigenvalue weighted by molar-refractivity contribution is -0.127. The van der Waals surface area contributed by atoms with Crippen LogP contribution in [-0.2, 0) is 9.53 Å². The summed E-state index contributed by atoms with van der Waals surface area (Å²) in [6, 6.07) is 0.318. The first-order valence-corrected chi connectivity index (χ1v) is 7.89. The van der Waals surface area contributed by atoms with Gasteiger partial charge in [-0.3, -0.25) is 4.79 Å². The molecule has 1 fully saturated rings. The molecule has 1 saturated heterocycles. The van der Waals surface area contributed by atoms with Gasteiger partial charge < -0.3 is 20.3 Å². The Bertz CT molecular complexity index is 344. The number of amides is 1. The SMILES string of the molecule is CCC(C)NC(=NCC(=O)N(C)C)NCC1CCCCO1.I. The fourth-order valence-electron chi connectivity index (χ4n) is 1.96. The summed E-state index contributed by atoms with van der Waals surface area (Å²) in [5.74, 6) is 0.683. The van der Waals surface area contributed by atoms with Gasteiger partial charge >= 0.3 is 0 Å². The fourth-order valence-corrected chi connectivity index (χ4v) is 1.96. The van der Waals surface area contributed by atoms with Gasteiger partial charge in [0, 0.05) is 33.3 Å². The monoisotopic (exact) mass is 426 g/mol. The van der Waals surface area contributed by atoms with Crippen molar-refractivity contribution >= 4 is 35.8 Å². The van der Waals surface area contributed by atoms with Crippen LogP contribution in [0.2, 0.25) is 0 Å². The molecule has 130 valence electrons. The molecule has 0 aromatic heterocycles. The number of carbonyl (C=O) groups excluding carboxylic acids is 1. The van der Waals surface area contributed by atoms with Gasteiger partial charge in [-0.2, -0.15) is 0 Å². The van der Waals surface area contributed by atoms with Crippen molar-refractivity contribution < 1.29 is 9.53 Å². The van der Waals surface area contributed by atoms with Crippen LogP contribution in [-0.4, -0.2) is 62.7 Å². The highest BCUT2D eigenvalue weighted by Crippen LogP contribution is 2.11. The molecule has 0 radical (unpaired) electrons. The smallest absolute Gasteiger partial charge is 0.243 e. The summed E-state index contributed by atoms with van der Waals surface area (Å²) in [6.45, 7) is 5.95. The number of ether oxygens (including phenoxy) is 1. The third-order valence-electron chi connectivity index (χ3n) is 3.64. The molecule has 7 heteroatoms. The number of hydrogen-bond donors (Lipinski definition) is 2. The average molecular weight is 426 g/mol. The van der Waals surface area contributed by atoms with Crippen LogP contribution in [0.5, 0.6) is 0 Å². The molecule has 1 heterocycles. The van der Waals surface area contributed by atoms with E-state index in [9.17, 15) is 4.79 Å². The summed E-state index contributed by atoms with van der Waals surface area (Å²) in [5.41, 5.74) is 0. The summed E-state index contributed by atoms with van der Waals surface area (Å²) in [4.78, 5) is 17.6. The van der Waals surface area contributed by atoms with Crippen molar-refractivity contribution in [2.24, 2.45) is 4.99 Å². The van der Waals surface area contributed by atoms with E-state index in [1.807, 2.05) is 0 Å². The molecule has 0 aliphatic carbocycles. The molecule has 1 rings (SSSR count). The van der Waals surface area contributed by atoms with Crippen LogP contribution in [0, 0.1) is 0 Å². The van der Waals surface area contributed by atoms with Crippen molar-refractivity contribution in [1.29, 1.82) is 0 Å². The van der Waals surface area contributed by atoms with Gasteiger partial charge in [-0.25, -0.2) is 4.99 Å². The van der Waals surface area contributed by atoms with Crippen LogP contribution in [0.1, 0.15) is 39.5 Å². The minimum absolute atomic E-state index is 0. The topological polar surface area (TPSA) is 66.0 Å². The zero-order valence-electron chi connectivity index (χ0n) is 14.2. The highest BCUT2D eigenvalue weighted by atomic mass is 127. The van der Waals surface area contributed by atoms with Gasteiger partial charge in [-0.15, -0.1) is 24.0 Å². The molecule has 0 saturated carbocycles. The van der Waals surface area contributed by atoms with Crippen molar-refractivity contribution in [1.82, 2.24) is 15.5 Å². The van der Waals surface area contributed by atoms with Gasteiger partial charge in [-0.1, -0.05) is 6.92 Å². The maximum absolute atomic E-state index is 11.6. The number of rotatable bonds is 6. The first-order chi connectivity index (χ1) is 10.0. The Kier molecular flexibility index (Phi) is 11.6. The molecule has 1 aliphatic rings. The maximum atomic E-state index is 11.6. The molecule has 0 aromatic carbocycles. The van der Waals surface area contributed by atoms with E-state index >= 15 is 0 Å². The molecule has 6 nitrogen and oxygen atoms in total. The summed E-state index contributed by atoms with van der Waals surface area (Å²) in [5, 5.41) is 6.61. The van der Waals surface area contributed by atoms with Crippen LogP contribution in [0.15, 0.2) is 4.99 Å². The van der Waals surface area contributed by atoms with Crippen molar-refractivity contribution in [2.75, 3.05) is 33.8 Å². The Hall–Kier alpha value is -0.570. The van der Waals surface area contributed by atoms with E-state index in [2.05, 4.69) is 29.5 Å². The Balaban J connectivity index is 0.00000441. The maximum Gasteiger partial charge on any atom is 0.243 e. The number of likely N-dealkylation sites (N-methyl/N-ethyl adjacent to an activating group) is 1. The van der Waals surface area contributed by atoms with E-state index in [0.717, 1.165) is 32.4 Å². The van der Waals surface area contributed by atoms with E-state index < -0.39 is 0 Å². The van der Waals surface area contributed by atoms with E-state index in [-0.39, 0.29) is 42.5 Å². The number of nitrogens with zero attached hydrogens (tertiary/aromatic N) is 2. The first kappa shape index (κ1) is 21.4. The van der Waals surface area contributed by atoms with Gasteiger partial charge in [0.1, 0.15) is 6.54 Å². The lowest BCUT2D eigenvalue weighted by atomic mass is 10.1. The molecule has 1 amide bonds. The minimum atomic E-state index is -0.00540. The minimum Gasteiger partial charge on any atom is -0.376 e. The van der Waals surface area contributed by atoms with Gasteiger partial charge in [0.2, 0.25) is 5.91 Å². The molecule has 2 atom stereocenters. The standard InChI is InChI=1S/C15H30N4O2.HI/c1-5-12(2)18-15(17-11-14(20)19(3)4)16-10-13-8-6-7-9-21-13;/h12-13H,5-11H2,1-4H3,(H2,16,17,18);1H. The summed E-state index contributed by atoms with van der Waals surface area (Å²) >= 11 is 0. The molecule has 2 unspecified atom stereocenters. The number of aliphatic imine (C=N–C) groups is 1. The quantitative estimate of drug-likeness (QED) is 0.385. The van der Waals surface area contributed by atoms with Crippen LogP contribution in [0.3, 0.4) is 0 Å². The Morgan fingerprint density at radius 3 is 2.68 bits per heavy atom. The molecule has 22 heavy (non-hydrogen) atoms. The van der Waals surface area contributed by atoms with Crippen molar-refractivity contribution in [3.63, 3.8) is 0 Å². The lowest BCUT2D eigenvalue weighted by Crippen LogP contribution is -2.46. The molecule has 1 aliphatic heterocycles. The van der Waals surface area contributed by atoms with Crippen molar-refractivity contribution in [3.05, 3.63) is 0 Å². The molecule has 2 N–H and O–H groups in total. The number of nitrogens with one attached hydrogen (secondary N) is 2. The van der Waals surface area contributed by atoms with Crippen LogP contribution < -0.4 is 10.6 Å². The van der Waals surface area contributed by atoms with Gasteiger partial charge in [0.15, 0.2) is 5.96 Å². The summed E-state index contributed by atoms with van der Waals surface area (Å²) < 4.78 is 5.70. The second-order valence-corrected chi connectivity index (χ2v) is 5.78. The van der Waals surface area contributed by atoms with E-state index in [1.165, 1.54) is 6.42 Å². The molecule has 0 spiro atoms. The van der Waals surface area contributed by atoms with Gasteiger partial charge in [0.25, 0.3) is 0 Å². The zero-order chi connectivity index (χ0) is 15.7. The molecule has 0 aromatic rings. The van der Waals surface area contributed by atoms with E-state index in [4.69, 9.17) is 4.74 Å². The van der Waals surface area contributed by atoms with Gasteiger partial charge in [0.05, 0.1) is 6.10 Å². The zero-order valence-corrected chi connectivity index (χ0v) is 16.6. The number of guanidine groups is 1. The highest BCUT2D eigenvalue weighted by molar-refractivity contribution is 14.0. The largest absolute Gasteiger partial charge is 0.376 e. The molecule has 0 bridgehead atoms. The third-order valence-corrected chi connectivity index (χ3v) is 3.64. The Labute approximate surface area is 151 Å². The van der Waals surface area contributed by atoms with E-state index in [0.29, 0.717) is 12.0 Å². The van der Waals surface area contributed by atoms with Gasteiger partial charge in [-0.05, 0) is 32.6 Å². The number of halogens is 1. The summed E-state index contributed by atoms with van der Waals surface area (Å²) in [6.07, 6.45) is 4.70. The predicted octanol–water partition coefficient (Wildman–Crippen LogP) is 1.60.